The summed E-state index contributed by atoms with van der Waals surface area (Å²) in [5, 5.41) is 5.30. The Labute approximate surface area is 138 Å². The Morgan fingerprint density at radius 1 is 1.43 bits per heavy atom. The van der Waals surface area contributed by atoms with Crippen molar-refractivity contribution in [1.29, 1.82) is 0 Å². The van der Waals surface area contributed by atoms with E-state index in [0.29, 0.717) is 11.0 Å². The molecule has 1 unspecified atom stereocenters. The van der Waals surface area contributed by atoms with Gasteiger partial charge in [0, 0.05) is 17.1 Å². The highest BCUT2D eigenvalue weighted by atomic mass is 79.9. The van der Waals surface area contributed by atoms with Crippen molar-refractivity contribution in [2.45, 2.75) is 38.1 Å². The third-order valence-electron chi connectivity index (χ3n) is 3.29. The van der Waals surface area contributed by atoms with Crippen LogP contribution in [0.4, 0.5) is 0 Å². The lowest BCUT2D eigenvalue weighted by Gasteiger charge is -2.28. The lowest BCUT2D eigenvalue weighted by Crippen LogP contribution is -2.38. The van der Waals surface area contributed by atoms with Crippen LogP contribution in [0.1, 0.15) is 37.6 Å². The molecule has 1 aromatic carbocycles. The minimum atomic E-state index is -3.92. The molecule has 5 nitrogen and oxygen atoms in total. The Bertz CT molecular complexity index is 649. The zero-order valence-corrected chi connectivity index (χ0v) is 15.2. The van der Waals surface area contributed by atoms with Gasteiger partial charge in [-0.2, -0.15) is 0 Å². The van der Waals surface area contributed by atoms with Crippen LogP contribution in [0.25, 0.3) is 0 Å². The van der Waals surface area contributed by atoms with Crippen LogP contribution in [-0.4, -0.2) is 31.8 Å². The van der Waals surface area contributed by atoms with Gasteiger partial charge < -0.3 is 4.90 Å². The van der Waals surface area contributed by atoms with E-state index in [1.54, 1.807) is 4.90 Å². The summed E-state index contributed by atoms with van der Waals surface area (Å²) in [5.41, 5.74) is 0.122. The predicted molar refractivity (Wildman–Crippen MR) is 87.0 cm³/mol. The fourth-order valence-corrected chi connectivity index (χ4v) is 3.28. The summed E-state index contributed by atoms with van der Waals surface area (Å²) in [4.78, 5) is 14.1. The highest BCUT2D eigenvalue weighted by Crippen LogP contribution is 2.30. The summed E-state index contributed by atoms with van der Waals surface area (Å²) in [6, 6.07) is 2.53. The van der Waals surface area contributed by atoms with Gasteiger partial charge in [0.1, 0.15) is 0 Å². The van der Waals surface area contributed by atoms with Gasteiger partial charge in [-0.05, 0) is 48.3 Å². The number of benzene rings is 1. The summed E-state index contributed by atoms with van der Waals surface area (Å²) in [6.45, 7) is 6.25. The van der Waals surface area contributed by atoms with Gasteiger partial charge in [-0.15, -0.1) is 0 Å². The van der Waals surface area contributed by atoms with Gasteiger partial charge in [-0.3, -0.25) is 4.79 Å². The summed E-state index contributed by atoms with van der Waals surface area (Å²) in [7, 11) is -3.92. The molecule has 0 aromatic heterocycles. The minimum absolute atomic E-state index is 0.0236. The first-order valence-corrected chi connectivity index (χ1v) is 9.18. The van der Waals surface area contributed by atoms with Gasteiger partial charge >= 0.3 is 0 Å². The van der Waals surface area contributed by atoms with E-state index in [2.05, 4.69) is 15.9 Å². The van der Waals surface area contributed by atoms with Crippen molar-refractivity contribution in [2.24, 2.45) is 5.14 Å². The first kappa shape index (κ1) is 18.4. The molecule has 8 heteroatoms. The van der Waals surface area contributed by atoms with E-state index in [9.17, 15) is 13.2 Å². The lowest BCUT2D eigenvalue weighted by atomic mass is 10.1. The van der Waals surface area contributed by atoms with Crippen LogP contribution in [0.2, 0.25) is 5.02 Å². The molecule has 0 spiro atoms. The van der Waals surface area contributed by atoms with Gasteiger partial charge in [0.2, 0.25) is 10.0 Å². The number of primary sulfonamides is 1. The van der Waals surface area contributed by atoms with Crippen molar-refractivity contribution in [3.8, 4) is 0 Å². The number of nitrogens with zero attached hydrogens (tertiary/aromatic N) is 1. The normalized spacial score (nSPS) is 13.0. The first-order chi connectivity index (χ1) is 9.63. The molecule has 1 amide bonds. The highest BCUT2D eigenvalue weighted by molar-refractivity contribution is 9.10. The van der Waals surface area contributed by atoms with E-state index in [-0.39, 0.29) is 27.4 Å². The Morgan fingerprint density at radius 3 is 2.43 bits per heavy atom. The van der Waals surface area contributed by atoms with Crippen LogP contribution in [0.5, 0.6) is 0 Å². The van der Waals surface area contributed by atoms with Crippen LogP contribution >= 0.6 is 27.5 Å². The molecule has 1 aromatic rings. The van der Waals surface area contributed by atoms with Crippen LogP contribution in [-0.2, 0) is 10.0 Å². The molecule has 0 fully saturated rings. The van der Waals surface area contributed by atoms with Crippen LogP contribution in [0.15, 0.2) is 21.5 Å². The van der Waals surface area contributed by atoms with E-state index in [1.807, 2.05) is 20.8 Å². The lowest BCUT2D eigenvalue weighted by molar-refractivity contribution is 0.0700. The molecule has 0 saturated carbocycles. The molecular formula is C13H18BrClN2O3S. The first-order valence-electron chi connectivity index (χ1n) is 6.46. The van der Waals surface area contributed by atoms with Crippen LogP contribution in [0, 0.1) is 0 Å². The van der Waals surface area contributed by atoms with Crippen molar-refractivity contribution in [2.75, 3.05) is 6.54 Å². The maximum absolute atomic E-state index is 12.6. The smallest absolute Gasteiger partial charge is 0.255 e. The molecule has 1 atom stereocenters. The monoisotopic (exact) mass is 396 g/mol. The van der Waals surface area contributed by atoms with E-state index in [0.717, 1.165) is 6.42 Å². The second-order valence-electron chi connectivity index (χ2n) is 4.66. The molecule has 0 aliphatic rings. The number of amides is 1. The molecule has 0 saturated heterocycles. The van der Waals surface area contributed by atoms with Crippen molar-refractivity contribution >= 4 is 43.5 Å². The molecule has 2 N–H and O–H groups in total. The van der Waals surface area contributed by atoms with E-state index in [1.165, 1.54) is 12.1 Å². The molecule has 0 aliphatic carbocycles. The molecule has 0 bridgehead atoms. The zero-order valence-electron chi connectivity index (χ0n) is 12.1. The van der Waals surface area contributed by atoms with E-state index in [4.69, 9.17) is 16.7 Å². The Hall–Kier alpha value is -0.630. The largest absolute Gasteiger partial charge is 0.336 e. The number of halogens is 2. The standard InChI is InChI=1S/C13H18BrClN2O3S/c1-4-8(3)17(5-2)13(18)10-6-9(21(16,19)20)7-11(14)12(10)15/h6-8H,4-5H2,1-3H3,(H2,16,19,20). The molecule has 0 aliphatic heterocycles. The molecule has 1 rings (SSSR count). The Kier molecular flexibility index (Phi) is 6.22. The van der Waals surface area contributed by atoms with Crippen molar-refractivity contribution in [3.63, 3.8) is 0 Å². The van der Waals surface area contributed by atoms with Gasteiger partial charge in [0.15, 0.2) is 0 Å². The molecular weight excluding hydrogens is 380 g/mol. The van der Waals surface area contributed by atoms with E-state index >= 15 is 0 Å². The predicted octanol–water partition coefficient (Wildman–Crippen LogP) is 3.01. The van der Waals surface area contributed by atoms with Crippen molar-refractivity contribution < 1.29 is 13.2 Å². The maximum Gasteiger partial charge on any atom is 0.255 e. The number of hydrogen-bond acceptors (Lipinski definition) is 3. The maximum atomic E-state index is 12.6. The minimum Gasteiger partial charge on any atom is -0.336 e. The third-order valence-corrected chi connectivity index (χ3v) is 5.44. The van der Waals surface area contributed by atoms with Crippen molar-refractivity contribution in [1.82, 2.24) is 4.90 Å². The number of rotatable bonds is 5. The summed E-state index contributed by atoms with van der Waals surface area (Å²) in [6.07, 6.45) is 0.785. The number of nitrogens with two attached hydrogens (primary N) is 1. The average molecular weight is 398 g/mol. The second-order valence-corrected chi connectivity index (χ2v) is 7.45. The third kappa shape index (κ3) is 4.18. The van der Waals surface area contributed by atoms with Gasteiger partial charge in [0.25, 0.3) is 5.91 Å². The topological polar surface area (TPSA) is 80.5 Å². The van der Waals surface area contributed by atoms with Crippen LogP contribution in [0.3, 0.4) is 0 Å². The van der Waals surface area contributed by atoms with Crippen LogP contribution < -0.4 is 5.14 Å². The van der Waals surface area contributed by atoms with Gasteiger partial charge in [-0.1, -0.05) is 18.5 Å². The quantitative estimate of drug-likeness (QED) is 0.829. The van der Waals surface area contributed by atoms with Crippen molar-refractivity contribution in [3.05, 3.63) is 27.2 Å². The summed E-state index contributed by atoms with van der Waals surface area (Å²) < 4.78 is 23.3. The van der Waals surface area contributed by atoms with Gasteiger partial charge in [-0.25, -0.2) is 13.6 Å². The SMILES string of the molecule is CCC(C)N(CC)C(=O)c1cc(S(N)(=O)=O)cc(Br)c1Cl. The molecule has 118 valence electrons. The number of hydrogen-bond donors (Lipinski definition) is 1. The fourth-order valence-electron chi connectivity index (χ4n) is 1.91. The highest BCUT2D eigenvalue weighted by Gasteiger charge is 2.24. The molecule has 0 radical (unpaired) electrons. The van der Waals surface area contributed by atoms with Gasteiger partial charge in [0.05, 0.1) is 15.5 Å². The molecule has 21 heavy (non-hydrogen) atoms. The zero-order chi connectivity index (χ0) is 16.4. The Balaban J connectivity index is 3.42. The summed E-state index contributed by atoms with van der Waals surface area (Å²) in [5.74, 6) is -0.317. The average Bonchev–Trinajstić information content (AvgIpc) is 2.40. The molecule has 0 heterocycles. The number of sulfonamides is 1. The Morgan fingerprint density at radius 2 is 2.00 bits per heavy atom. The number of carbonyl (C=O) groups is 1. The van der Waals surface area contributed by atoms with E-state index < -0.39 is 10.0 Å². The number of carbonyl (C=O) groups excluding carboxylic acids is 1. The fraction of sp³-hybridized carbons (Fsp3) is 0.462. The summed E-state index contributed by atoms with van der Waals surface area (Å²) >= 11 is 9.29. The second kappa shape index (κ2) is 7.09.